The van der Waals surface area contributed by atoms with Crippen molar-refractivity contribution in [1.82, 2.24) is 0 Å². The fourth-order valence-corrected chi connectivity index (χ4v) is 2.21. The Hall–Kier alpha value is -0.930. The molecule has 1 aromatic carbocycles. The number of alkyl halides is 1. The van der Waals surface area contributed by atoms with Crippen molar-refractivity contribution in [2.24, 2.45) is 0 Å². The largest absolute Gasteiger partial charge is 0.495 e. The Balaban J connectivity index is 2.39. The van der Waals surface area contributed by atoms with Gasteiger partial charge in [0.05, 0.1) is 18.2 Å². The summed E-state index contributed by atoms with van der Waals surface area (Å²) in [7, 11) is 1.56. The minimum atomic E-state index is -0.142. The van der Waals surface area contributed by atoms with Crippen LogP contribution < -0.4 is 9.64 Å². The molecule has 1 heterocycles. The summed E-state index contributed by atoms with van der Waals surface area (Å²) in [4.78, 5) is 13.3. The Labute approximate surface area is 104 Å². The lowest BCUT2D eigenvalue weighted by Crippen LogP contribution is -2.25. The van der Waals surface area contributed by atoms with Crippen LogP contribution in [0.1, 0.15) is 6.42 Å². The molecular weight excluding hydrogens is 249 g/mol. The van der Waals surface area contributed by atoms with Crippen molar-refractivity contribution in [2.45, 2.75) is 11.8 Å². The summed E-state index contributed by atoms with van der Waals surface area (Å²) in [5, 5.41) is 0.429. The highest BCUT2D eigenvalue weighted by molar-refractivity contribution is 6.31. The second kappa shape index (κ2) is 4.52. The first-order valence-electron chi connectivity index (χ1n) is 4.90. The van der Waals surface area contributed by atoms with E-state index in [-0.39, 0.29) is 11.3 Å². The van der Waals surface area contributed by atoms with E-state index < -0.39 is 0 Å². The molecule has 2 rings (SSSR count). The zero-order valence-corrected chi connectivity index (χ0v) is 10.3. The Bertz CT molecular complexity index is 422. The zero-order chi connectivity index (χ0) is 11.7. The number of anilines is 1. The van der Waals surface area contributed by atoms with Gasteiger partial charge in [0.25, 0.3) is 0 Å². The third-order valence-corrected chi connectivity index (χ3v) is 3.04. The number of carbonyl (C=O) groups is 1. The molecule has 0 bridgehead atoms. The lowest BCUT2D eigenvalue weighted by Gasteiger charge is -2.19. The highest BCUT2D eigenvalue weighted by atomic mass is 35.5. The van der Waals surface area contributed by atoms with Crippen molar-refractivity contribution >= 4 is 34.8 Å². The van der Waals surface area contributed by atoms with Crippen LogP contribution in [0.4, 0.5) is 5.69 Å². The Morgan fingerprint density at radius 2 is 2.25 bits per heavy atom. The molecule has 5 heteroatoms. The lowest BCUT2D eigenvalue weighted by molar-refractivity contribution is -0.117. The SMILES string of the molecule is COc1ccc(Cl)cc1N1CC(Cl)CC1=O. The predicted molar refractivity (Wildman–Crippen MR) is 64.6 cm³/mol. The average Bonchev–Trinajstić information content (AvgIpc) is 2.57. The van der Waals surface area contributed by atoms with Crippen LogP contribution in [0.5, 0.6) is 5.75 Å². The van der Waals surface area contributed by atoms with Gasteiger partial charge in [0.1, 0.15) is 5.75 Å². The van der Waals surface area contributed by atoms with Crippen LogP contribution >= 0.6 is 23.2 Å². The van der Waals surface area contributed by atoms with Crippen LogP contribution in [0.15, 0.2) is 18.2 Å². The molecule has 0 saturated carbocycles. The van der Waals surface area contributed by atoms with Crippen molar-refractivity contribution in [1.29, 1.82) is 0 Å². The van der Waals surface area contributed by atoms with Gasteiger partial charge in [-0.1, -0.05) is 11.6 Å². The van der Waals surface area contributed by atoms with E-state index in [0.717, 1.165) is 0 Å². The number of halogens is 2. The van der Waals surface area contributed by atoms with Crippen LogP contribution in [0.3, 0.4) is 0 Å². The van der Waals surface area contributed by atoms with Crippen LogP contribution in [0, 0.1) is 0 Å². The molecule has 0 spiro atoms. The molecule has 1 saturated heterocycles. The van der Waals surface area contributed by atoms with E-state index in [0.29, 0.717) is 29.4 Å². The lowest BCUT2D eigenvalue weighted by atomic mass is 10.2. The molecular formula is C11H11Cl2NO2. The van der Waals surface area contributed by atoms with E-state index >= 15 is 0 Å². The number of methoxy groups -OCH3 is 1. The number of hydrogen-bond acceptors (Lipinski definition) is 2. The van der Waals surface area contributed by atoms with Gasteiger partial charge in [-0.2, -0.15) is 0 Å². The standard InChI is InChI=1S/C11H11Cl2NO2/c1-16-10-3-2-7(12)4-9(10)14-6-8(13)5-11(14)15/h2-4,8H,5-6H2,1H3. The molecule has 1 aliphatic heterocycles. The number of ether oxygens (including phenoxy) is 1. The monoisotopic (exact) mass is 259 g/mol. The number of hydrogen-bond donors (Lipinski definition) is 0. The Morgan fingerprint density at radius 3 is 2.81 bits per heavy atom. The van der Waals surface area contributed by atoms with E-state index in [1.165, 1.54) is 0 Å². The summed E-state index contributed by atoms with van der Waals surface area (Å²) in [6.45, 7) is 0.497. The van der Waals surface area contributed by atoms with Gasteiger partial charge in [-0.05, 0) is 18.2 Å². The molecule has 16 heavy (non-hydrogen) atoms. The van der Waals surface area contributed by atoms with Crippen LogP contribution in [-0.2, 0) is 4.79 Å². The fourth-order valence-electron chi connectivity index (χ4n) is 1.77. The number of nitrogens with zero attached hydrogens (tertiary/aromatic N) is 1. The molecule has 86 valence electrons. The number of amides is 1. The third-order valence-electron chi connectivity index (χ3n) is 2.51. The van der Waals surface area contributed by atoms with Gasteiger partial charge in [0, 0.05) is 18.0 Å². The quantitative estimate of drug-likeness (QED) is 0.765. The van der Waals surface area contributed by atoms with Gasteiger partial charge in [-0.15, -0.1) is 11.6 Å². The fraction of sp³-hybridized carbons (Fsp3) is 0.364. The second-order valence-electron chi connectivity index (χ2n) is 3.62. The van der Waals surface area contributed by atoms with E-state index in [1.54, 1.807) is 30.2 Å². The molecule has 1 aliphatic rings. The van der Waals surface area contributed by atoms with Crippen LogP contribution in [0.2, 0.25) is 5.02 Å². The Kier molecular flexibility index (Phi) is 3.26. The van der Waals surface area contributed by atoms with E-state index in [2.05, 4.69) is 0 Å². The normalized spacial score (nSPS) is 20.3. The molecule has 0 aromatic heterocycles. The molecule has 1 unspecified atom stereocenters. The van der Waals surface area contributed by atoms with Gasteiger partial charge in [0.15, 0.2) is 0 Å². The highest BCUT2D eigenvalue weighted by Gasteiger charge is 2.30. The summed E-state index contributed by atoms with van der Waals surface area (Å²) in [5.74, 6) is 0.629. The van der Waals surface area contributed by atoms with Gasteiger partial charge >= 0.3 is 0 Å². The predicted octanol–water partition coefficient (Wildman–Crippen LogP) is 2.69. The van der Waals surface area contributed by atoms with Crippen molar-refractivity contribution in [2.75, 3.05) is 18.6 Å². The first-order chi connectivity index (χ1) is 7.61. The smallest absolute Gasteiger partial charge is 0.228 e. The second-order valence-corrected chi connectivity index (χ2v) is 4.68. The van der Waals surface area contributed by atoms with Crippen molar-refractivity contribution in [3.05, 3.63) is 23.2 Å². The van der Waals surface area contributed by atoms with E-state index in [1.807, 2.05) is 0 Å². The highest BCUT2D eigenvalue weighted by Crippen LogP contribution is 2.34. The van der Waals surface area contributed by atoms with Crippen LogP contribution in [0.25, 0.3) is 0 Å². The minimum absolute atomic E-state index is 0.000525. The molecule has 0 radical (unpaired) electrons. The van der Waals surface area contributed by atoms with Crippen molar-refractivity contribution in [3.8, 4) is 5.75 Å². The first kappa shape index (κ1) is 11.6. The van der Waals surface area contributed by atoms with Gasteiger partial charge in [-0.3, -0.25) is 4.79 Å². The summed E-state index contributed by atoms with van der Waals surface area (Å²) in [5.41, 5.74) is 0.683. The molecule has 1 aromatic rings. The molecule has 3 nitrogen and oxygen atoms in total. The number of carbonyl (C=O) groups excluding carboxylic acids is 1. The summed E-state index contributed by atoms with van der Waals surface area (Å²) in [6.07, 6.45) is 0.358. The van der Waals surface area contributed by atoms with E-state index in [9.17, 15) is 4.79 Å². The molecule has 1 amide bonds. The van der Waals surface area contributed by atoms with Gasteiger partial charge in [-0.25, -0.2) is 0 Å². The first-order valence-corrected chi connectivity index (χ1v) is 5.71. The van der Waals surface area contributed by atoms with Crippen molar-refractivity contribution in [3.63, 3.8) is 0 Å². The zero-order valence-electron chi connectivity index (χ0n) is 8.74. The van der Waals surface area contributed by atoms with Crippen LogP contribution in [-0.4, -0.2) is 24.9 Å². The maximum absolute atomic E-state index is 11.7. The summed E-state index contributed by atoms with van der Waals surface area (Å²) in [6, 6.07) is 5.18. The van der Waals surface area contributed by atoms with Gasteiger partial charge < -0.3 is 9.64 Å². The number of benzene rings is 1. The number of rotatable bonds is 2. The molecule has 0 aliphatic carbocycles. The maximum atomic E-state index is 11.7. The minimum Gasteiger partial charge on any atom is -0.495 e. The molecule has 1 atom stereocenters. The molecule has 0 N–H and O–H groups in total. The topological polar surface area (TPSA) is 29.5 Å². The van der Waals surface area contributed by atoms with Gasteiger partial charge in [0.2, 0.25) is 5.91 Å². The average molecular weight is 260 g/mol. The Morgan fingerprint density at radius 1 is 1.50 bits per heavy atom. The maximum Gasteiger partial charge on any atom is 0.228 e. The van der Waals surface area contributed by atoms with Crippen molar-refractivity contribution < 1.29 is 9.53 Å². The molecule has 1 fully saturated rings. The summed E-state index contributed by atoms with van der Waals surface area (Å²) < 4.78 is 5.20. The summed E-state index contributed by atoms with van der Waals surface area (Å²) >= 11 is 11.9. The van der Waals surface area contributed by atoms with E-state index in [4.69, 9.17) is 27.9 Å². The third kappa shape index (κ3) is 2.11.